The van der Waals surface area contributed by atoms with Gasteiger partial charge in [-0.05, 0) is 32.4 Å². The summed E-state index contributed by atoms with van der Waals surface area (Å²) in [5.41, 5.74) is -1.07. The summed E-state index contributed by atoms with van der Waals surface area (Å²) >= 11 is 0. The van der Waals surface area contributed by atoms with Crippen LogP contribution in [0.15, 0.2) is 30.3 Å². The number of para-hydroxylation sites is 1. The van der Waals surface area contributed by atoms with Gasteiger partial charge in [0.1, 0.15) is 5.75 Å². The van der Waals surface area contributed by atoms with Crippen molar-refractivity contribution < 1.29 is 22.5 Å². The van der Waals surface area contributed by atoms with Crippen molar-refractivity contribution in [3.8, 4) is 5.75 Å². The van der Waals surface area contributed by atoms with Gasteiger partial charge in [0.25, 0.3) is 16.0 Å². The first-order valence-corrected chi connectivity index (χ1v) is 7.79. The van der Waals surface area contributed by atoms with Gasteiger partial charge in [-0.1, -0.05) is 18.2 Å². The Labute approximate surface area is 118 Å². The summed E-state index contributed by atoms with van der Waals surface area (Å²) in [6.07, 6.45) is 0.145. The van der Waals surface area contributed by atoms with Crippen molar-refractivity contribution in [2.24, 2.45) is 0 Å². The molecule has 6 nitrogen and oxygen atoms in total. The summed E-state index contributed by atoms with van der Waals surface area (Å²) in [4.78, 5) is 11.9. The molecule has 0 aliphatic rings. The quantitative estimate of drug-likeness (QED) is 0.584. The van der Waals surface area contributed by atoms with Crippen molar-refractivity contribution in [1.82, 2.24) is 5.32 Å². The topological polar surface area (TPSA) is 92.7 Å². The molecule has 0 bridgehead atoms. The number of rotatable bonds is 7. The van der Waals surface area contributed by atoms with Crippen LogP contribution in [0.1, 0.15) is 20.3 Å². The second-order valence-corrected chi connectivity index (χ2v) is 6.39. The summed E-state index contributed by atoms with van der Waals surface area (Å²) in [5.74, 6) is -0.157. The van der Waals surface area contributed by atoms with E-state index in [4.69, 9.17) is 9.29 Å². The molecule has 1 rings (SSSR count). The maximum Gasteiger partial charge on any atom is 0.264 e. The fourth-order valence-corrected chi connectivity index (χ4v) is 2.01. The van der Waals surface area contributed by atoms with Crippen LogP contribution in [-0.2, 0) is 14.9 Å². The van der Waals surface area contributed by atoms with E-state index in [0.717, 1.165) is 0 Å². The molecule has 1 aromatic carbocycles. The molecule has 2 N–H and O–H groups in total. The molecule has 0 saturated carbocycles. The highest BCUT2D eigenvalue weighted by atomic mass is 32.2. The van der Waals surface area contributed by atoms with Crippen molar-refractivity contribution in [2.45, 2.75) is 25.9 Å². The second kappa shape index (κ2) is 6.71. The Balaban J connectivity index is 2.45. The lowest BCUT2D eigenvalue weighted by Gasteiger charge is -2.25. The highest BCUT2D eigenvalue weighted by Crippen LogP contribution is 2.17. The first-order valence-electron chi connectivity index (χ1n) is 6.18. The average Bonchev–Trinajstić information content (AvgIpc) is 2.34. The monoisotopic (exact) mass is 301 g/mol. The van der Waals surface area contributed by atoms with Crippen molar-refractivity contribution in [2.75, 3.05) is 12.3 Å². The molecule has 20 heavy (non-hydrogen) atoms. The Hall–Kier alpha value is -1.60. The summed E-state index contributed by atoms with van der Waals surface area (Å²) in [6.45, 7) is 3.40. The molecule has 0 saturated heterocycles. The summed E-state index contributed by atoms with van der Waals surface area (Å²) < 4.78 is 35.2. The minimum atomic E-state index is -3.99. The van der Waals surface area contributed by atoms with Crippen LogP contribution >= 0.6 is 0 Å². The van der Waals surface area contributed by atoms with E-state index in [0.29, 0.717) is 5.75 Å². The van der Waals surface area contributed by atoms with Crippen molar-refractivity contribution in [3.63, 3.8) is 0 Å². The molecule has 0 fully saturated rings. The number of amides is 1. The molecular weight excluding hydrogens is 282 g/mol. The van der Waals surface area contributed by atoms with Gasteiger partial charge in [0.2, 0.25) is 0 Å². The predicted octanol–water partition coefficient (Wildman–Crippen LogP) is 1.24. The number of nitrogens with one attached hydrogen (secondary N) is 1. The minimum Gasteiger partial charge on any atom is -0.478 e. The molecule has 0 radical (unpaired) electrons. The van der Waals surface area contributed by atoms with Crippen LogP contribution in [0.3, 0.4) is 0 Å². The lowest BCUT2D eigenvalue weighted by atomic mass is 10.1. The van der Waals surface area contributed by atoms with Gasteiger partial charge in [0, 0.05) is 6.54 Å². The van der Waals surface area contributed by atoms with E-state index in [2.05, 4.69) is 5.32 Å². The lowest BCUT2D eigenvalue weighted by Crippen LogP contribution is -2.47. The fourth-order valence-electron chi connectivity index (χ4n) is 1.50. The largest absolute Gasteiger partial charge is 0.478 e. The number of ether oxygens (including phenoxy) is 1. The van der Waals surface area contributed by atoms with Gasteiger partial charge in [-0.3, -0.25) is 9.35 Å². The molecule has 0 aliphatic carbocycles. The van der Waals surface area contributed by atoms with Crippen LogP contribution in [0.2, 0.25) is 0 Å². The van der Waals surface area contributed by atoms with Gasteiger partial charge in [-0.25, -0.2) is 0 Å². The van der Waals surface area contributed by atoms with Gasteiger partial charge in [-0.15, -0.1) is 0 Å². The maximum atomic E-state index is 11.9. The van der Waals surface area contributed by atoms with Crippen LogP contribution in [-0.4, -0.2) is 36.8 Å². The second-order valence-electron chi connectivity index (χ2n) is 4.82. The molecule has 7 heteroatoms. The Morgan fingerprint density at radius 3 is 2.45 bits per heavy atom. The Kier molecular flexibility index (Phi) is 5.52. The van der Waals surface area contributed by atoms with E-state index < -0.39 is 15.7 Å². The normalized spacial score (nSPS) is 11.9. The third-order valence-corrected chi connectivity index (χ3v) is 3.33. The molecular formula is C13H19NO5S. The molecule has 0 aromatic heterocycles. The highest BCUT2D eigenvalue weighted by molar-refractivity contribution is 7.85. The molecule has 0 aliphatic heterocycles. The number of benzene rings is 1. The van der Waals surface area contributed by atoms with Gasteiger partial charge in [-0.2, -0.15) is 8.42 Å². The van der Waals surface area contributed by atoms with Crippen molar-refractivity contribution >= 4 is 16.0 Å². The van der Waals surface area contributed by atoms with Crippen LogP contribution in [0.4, 0.5) is 0 Å². The predicted molar refractivity (Wildman–Crippen MR) is 75.2 cm³/mol. The average molecular weight is 301 g/mol. The van der Waals surface area contributed by atoms with E-state index in [1.165, 1.54) is 0 Å². The third kappa shape index (κ3) is 6.03. The van der Waals surface area contributed by atoms with Gasteiger partial charge < -0.3 is 10.1 Å². The molecule has 0 spiro atoms. The standard InChI is InChI=1S/C13H19NO5S/c1-13(2,19-11-7-4-3-5-8-11)12(15)14-9-6-10-20(16,17)18/h3-5,7-8H,6,9-10H2,1-2H3,(H,14,15)(H,16,17,18). The Morgan fingerprint density at radius 1 is 1.30 bits per heavy atom. The van der Waals surface area contributed by atoms with Crippen LogP contribution in [0, 0.1) is 0 Å². The van der Waals surface area contributed by atoms with Crippen molar-refractivity contribution in [1.29, 1.82) is 0 Å². The third-order valence-electron chi connectivity index (χ3n) is 2.53. The lowest BCUT2D eigenvalue weighted by molar-refractivity contribution is -0.134. The molecule has 1 aromatic rings. The first kappa shape index (κ1) is 16.5. The van der Waals surface area contributed by atoms with Crippen LogP contribution in [0.5, 0.6) is 5.75 Å². The van der Waals surface area contributed by atoms with Crippen molar-refractivity contribution in [3.05, 3.63) is 30.3 Å². The number of hydrogen-bond acceptors (Lipinski definition) is 4. The van der Waals surface area contributed by atoms with E-state index in [1.54, 1.807) is 38.1 Å². The first-order chi connectivity index (χ1) is 9.21. The summed E-state index contributed by atoms with van der Waals surface area (Å²) in [7, 11) is -3.99. The zero-order valence-electron chi connectivity index (χ0n) is 11.5. The fraction of sp³-hybridized carbons (Fsp3) is 0.462. The summed E-state index contributed by atoms with van der Waals surface area (Å²) in [6, 6.07) is 8.93. The van der Waals surface area contributed by atoms with E-state index >= 15 is 0 Å². The maximum absolute atomic E-state index is 11.9. The zero-order chi connectivity index (χ0) is 15.2. The number of hydrogen-bond donors (Lipinski definition) is 2. The van der Waals surface area contributed by atoms with Gasteiger partial charge in [0.15, 0.2) is 5.60 Å². The molecule has 112 valence electrons. The van der Waals surface area contributed by atoms with E-state index in [1.807, 2.05) is 6.07 Å². The van der Waals surface area contributed by atoms with Gasteiger partial charge in [0.05, 0.1) is 5.75 Å². The van der Waals surface area contributed by atoms with Gasteiger partial charge >= 0.3 is 0 Å². The van der Waals surface area contributed by atoms with E-state index in [-0.39, 0.29) is 24.6 Å². The minimum absolute atomic E-state index is 0.145. The van der Waals surface area contributed by atoms with Crippen LogP contribution in [0.25, 0.3) is 0 Å². The Bertz CT molecular complexity index is 539. The molecule has 0 heterocycles. The SMILES string of the molecule is CC(C)(Oc1ccccc1)C(=O)NCCCS(=O)(=O)O. The molecule has 1 amide bonds. The summed E-state index contributed by atoms with van der Waals surface area (Å²) in [5, 5.41) is 2.58. The highest BCUT2D eigenvalue weighted by Gasteiger charge is 2.29. The number of carbonyl (C=O) groups is 1. The van der Waals surface area contributed by atoms with E-state index in [9.17, 15) is 13.2 Å². The molecule has 0 unspecified atom stereocenters. The number of carbonyl (C=O) groups excluding carboxylic acids is 1. The van der Waals surface area contributed by atoms with Crippen LogP contribution < -0.4 is 10.1 Å². The zero-order valence-corrected chi connectivity index (χ0v) is 12.3. The Morgan fingerprint density at radius 2 is 1.90 bits per heavy atom. The smallest absolute Gasteiger partial charge is 0.264 e. The molecule has 0 atom stereocenters.